The minimum atomic E-state index is 0.289. The SMILES string of the molecule is O=C(CCc1cc(Cl)cs1)N1CCC(N2CCNCC2)C1. The molecule has 2 aliphatic heterocycles. The van der Waals surface area contributed by atoms with Crippen molar-refractivity contribution < 1.29 is 4.79 Å². The van der Waals surface area contributed by atoms with Gasteiger partial charge in [0.05, 0.1) is 5.02 Å². The van der Waals surface area contributed by atoms with Crippen LogP contribution in [-0.2, 0) is 11.2 Å². The second-order valence-electron chi connectivity index (χ2n) is 5.80. The number of nitrogens with zero attached hydrogens (tertiary/aromatic N) is 2. The smallest absolute Gasteiger partial charge is 0.222 e. The van der Waals surface area contributed by atoms with E-state index in [-0.39, 0.29) is 5.91 Å². The molecule has 2 fully saturated rings. The Kier molecular flexibility index (Phi) is 5.16. The lowest BCUT2D eigenvalue weighted by Gasteiger charge is -2.32. The zero-order valence-corrected chi connectivity index (χ0v) is 13.8. The van der Waals surface area contributed by atoms with E-state index in [0.717, 1.165) is 57.1 Å². The molecular weight excluding hydrogens is 306 g/mol. The second kappa shape index (κ2) is 7.09. The van der Waals surface area contributed by atoms with Gasteiger partial charge in [-0.2, -0.15) is 0 Å². The summed E-state index contributed by atoms with van der Waals surface area (Å²) in [4.78, 5) is 18.1. The summed E-state index contributed by atoms with van der Waals surface area (Å²) in [6.07, 6.45) is 2.53. The average molecular weight is 328 g/mol. The molecule has 1 aromatic rings. The van der Waals surface area contributed by atoms with Crippen LogP contribution in [0.4, 0.5) is 0 Å². The molecule has 4 nitrogen and oxygen atoms in total. The fourth-order valence-corrected chi connectivity index (χ4v) is 4.26. The maximum Gasteiger partial charge on any atom is 0.222 e. The maximum absolute atomic E-state index is 12.3. The standard InChI is InChI=1S/C15H22ClN3OS/c16-12-9-14(21-11-12)1-2-15(20)19-6-3-13(10-19)18-7-4-17-5-8-18/h9,11,13,17H,1-8,10H2. The summed E-state index contributed by atoms with van der Waals surface area (Å²) in [5.41, 5.74) is 0. The number of amides is 1. The van der Waals surface area contributed by atoms with Gasteiger partial charge in [0.2, 0.25) is 5.91 Å². The molecule has 0 radical (unpaired) electrons. The Bertz CT molecular complexity index is 487. The summed E-state index contributed by atoms with van der Waals surface area (Å²) in [5, 5.41) is 6.09. The Morgan fingerprint density at radius 1 is 1.38 bits per heavy atom. The molecule has 1 amide bonds. The lowest BCUT2D eigenvalue weighted by atomic mass is 10.2. The van der Waals surface area contributed by atoms with Crippen LogP contribution in [-0.4, -0.2) is 61.0 Å². The Labute approximate surface area is 135 Å². The Morgan fingerprint density at radius 2 is 2.19 bits per heavy atom. The Hall–Kier alpha value is -0.620. The van der Waals surface area contributed by atoms with Gasteiger partial charge < -0.3 is 10.2 Å². The summed E-state index contributed by atoms with van der Waals surface area (Å²) in [7, 11) is 0. The van der Waals surface area contributed by atoms with Crippen LogP contribution in [0.3, 0.4) is 0 Å². The first kappa shape index (κ1) is 15.3. The molecular formula is C15H22ClN3OS. The van der Waals surface area contributed by atoms with Crippen molar-refractivity contribution in [3.63, 3.8) is 0 Å². The van der Waals surface area contributed by atoms with Gasteiger partial charge in [-0.1, -0.05) is 11.6 Å². The number of nitrogens with one attached hydrogen (secondary N) is 1. The number of rotatable bonds is 4. The zero-order valence-electron chi connectivity index (χ0n) is 12.2. The highest BCUT2D eigenvalue weighted by atomic mass is 35.5. The Morgan fingerprint density at radius 3 is 2.90 bits per heavy atom. The van der Waals surface area contributed by atoms with Gasteiger partial charge in [-0.3, -0.25) is 9.69 Å². The zero-order chi connectivity index (χ0) is 14.7. The fraction of sp³-hybridized carbons (Fsp3) is 0.667. The third-order valence-electron chi connectivity index (χ3n) is 4.39. The van der Waals surface area contributed by atoms with Crippen molar-refractivity contribution in [2.45, 2.75) is 25.3 Å². The van der Waals surface area contributed by atoms with Crippen LogP contribution in [0.5, 0.6) is 0 Å². The van der Waals surface area contributed by atoms with Crippen molar-refractivity contribution in [2.24, 2.45) is 0 Å². The minimum absolute atomic E-state index is 0.289. The van der Waals surface area contributed by atoms with Crippen molar-refractivity contribution in [1.29, 1.82) is 0 Å². The largest absolute Gasteiger partial charge is 0.341 e. The predicted molar refractivity (Wildman–Crippen MR) is 87.1 cm³/mol. The highest BCUT2D eigenvalue weighted by molar-refractivity contribution is 7.10. The lowest BCUT2D eigenvalue weighted by Crippen LogP contribution is -2.49. The summed E-state index contributed by atoms with van der Waals surface area (Å²) < 4.78 is 0. The number of aryl methyl sites for hydroxylation is 1. The number of halogens is 1. The van der Waals surface area contributed by atoms with Gasteiger partial charge in [0.15, 0.2) is 0 Å². The number of hydrogen-bond acceptors (Lipinski definition) is 4. The molecule has 1 unspecified atom stereocenters. The molecule has 6 heteroatoms. The van der Waals surface area contributed by atoms with E-state index in [2.05, 4.69) is 10.2 Å². The molecule has 1 aromatic heterocycles. The van der Waals surface area contributed by atoms with Crippen molar-refractivity contribution in [3.05, 3.63) is 21.3 Å². The molecule has 0 saturated carbocycles. The van der Waals surface area contributed by atoms with Gasteiger partial charge in [0.1, 0.15) is 0 Å². The normalized spacial score (nSPS) is 23.7. The number of carbonyl (C=O) groups excluding carboxylic acids is 1. The average Bonchev–Trinajstić information content (AvgIpc) is 3.15. The fourth-order valence-electron chi connectivity index (χ4n) is 3.19. The highest BCUT2D eigenvalue weighted by Gasteiger charge is 2.30. The van der Waals surface area contributed by atoms with Crippen LogP contribution < -0.4 is 5.32 Å². The van der Waals surface area contributed by atoms with Gasteiger partial charge >= 0.3 is 0 Å². The van der Waals surface area contributed by atoms with Crippen molar-refractivity contribution >= 4 is 28.8 Å². The molecule has 1 N–H and O–H groups in total. The molecule has 0 spiro atoms. The number of piperazine rings is 1. The van der Waals surface area contributed by atoms with Gasteiger partial charge in [0.25, 0.3) is 0 Å². The van der Waals surface area contributed by atoms with E-state index in [1.54, 1.807) is 11.3 Å². The van der Waals surface area contributed by atoms with Gasteiger partial charge in [0, 0.05) is 62.0 Å². The summed E-state index contributed by atoms with van der Waals surface area (Å²) in [6.45, 7) is 6.19. The number of hydrogen-bond donors (Lipinski definition) is 1. The van der Waals surface area contributed by atoms with Crippen molar-refractivity contribution in [3.8, 4) is 0 Å². The minimum Gasteiger partial charge on any atom is -0.341 e. The molecule has 21 heavy (non-hydrogen) atoms. The number of thiophene rings is 1. The van der Waals surface area contributed by atoms with Crippen LogP contribution in [0, 0.1) is 0 Å². The molecule has 2 aliphatic rings. The van der Waals surface area contributed by atoms with E-state index < -0.39 is 0 Å². The third kappa shape index (κ3) is 3.97. The van der Waals surface area contributed by atoms with Gasteiger partial charge in [-0.25, -0.2) is 0 Å². The van der Waals surface area contributed by atoms with Gasteiger partial charge in [-0.05, 0) is 18.9 Å². The van der Waals surface area contributed by atoms with E-state index in [0.29, 0.717) is 12.5 Å². The van der Waals surface area contributed by atoms with Gasteiger partial charge in [-0.15, -0.1) is 11.3 Å². The van der Waals surface area contributed by atoms with E-state index in [9.17, 15) is 4.79 Å². The number of likely N-dealkylation sites (tertiary alicyclic amines) is 1. The highest BCUT2D eigenvalue weighted by Crippen LogP contribution is 2.22. The summed E-state index contributed by atoms with van der Waals surface area (Å²) in [5.74, 6) is 0.289. The topological polar surface area (TPSA) is 35.6 Å². The molecule has 0 bridgehead atoms. The monoisotopic (exact) mass is 327 g/mol. The molecule has 116 valence electrons. The van der Waals surface area contributed by atoms with Crippen LogP contribution >= 0.6 is 22.9 Å². The van der Waals surface area contributed by atoms with Crippen LogP contribution in [0.2, 0.25) is 5.02 Å². The molecule has 0 aliphatic carbocycles. The molecule has 2 saturated heterocycles. The maximum atomic E-state index is 12.3. The summed E-state index contributed by atoms with van der Waals surface area (Å²) >= 11 is 7.55. The first-order valence-electron chi connectivity index (χ1n) is 7.68. The first-order valence-corrected chi connectivity index (χ1v) is 8.93. The molecule has 3 heterocycles. The molecule has 0 aromatic carbocycles. The van der Waals surface area contributed by atoms with E-state index in [4.69, 9.17) is 11.6 Å². The van der Waals surface area contributed by atoms with E-state index in [1.807, 2.05) is 16.3 Å². The lowest BCUT2D eigenvalue weighted by molar-refractivity contribution is -0.130. The van der Waals surface area contributed by atoms with E-state index in [1.165, 1.54) is 4.88 Å². The molecule has 1 atom stereocenters. The third-order valence-corrected chi connectivity index (χ3v) is 5.74. The van der Waals surface area contributed by atoms with Crippen molar-refractivity contribution in [2.75, 3.05) is 39.3 Å². The summed E-state index contributed by atoms with van der Waals surface area (Å²) in [6, 6.07) is 2.53. The Balaban J connectivity index is 1.45. The van der Waals surface area contributed by atoms with Crippen molar-refractivity contribution in [1.82, 2.24) is 15.1 Å². The van der Waals surface area contributed by atoms with Crippen LogP contribution in [0.25, 0.3) is 0 Å². The quantitative estimate of drug-likeness (QED) is 0.916. The first-order chi connectivity index (χ1) is 10.2. The van der Waals surface area contributed by atoms with E-state index >= 15 is 0 Å². The predicted octanol–water partition coefficient (Wildman–Crippen LogP) is 1.84. The molecule has 3 rings (SSSR count). The van der Waals surface area contributed by atoms with Crippen LogP contribution in [0.1, 0.15) is 17.7 Å². The number of carbonyl (C=O) groups is 1. The van der Waals surface area contributed by atoms with Crippen LogP contribution in [0.15, 0.2) is 11.4 Å². The second-order valence-corrected chi connectivity index (χ2v) is 7.23.